The summed E-state index contributed by atoms with van der Waals surface area (Å²) in [6.07, 6.45) is 3.62. The third-order valence-corrected chi connectivity index (χ3v) is 22.3. The second kappa shape index (κ2) is 38.1. The molecule has 0 atom stereocenters. The van der Waals surface area contributed by atoms with Gasteiger partial charge >= 0.3 is 0 Å². The first-order valence-corrected chi connectivity index (χ1v) is 41.9. The van der Waals surface area contributed by atoms with Gasteiger partial charge in [-0.15, -0.1) is 0 Å². The topological polar surface area (TPSA) is 441 Å². The Bertz CT molecular complexity index is 7480. The van der Waals surface area contributed by atoms with Gasteiger partial charge in [0, 0.05) is 96.0 Å². The lowest BCUT2D eigenvalue weighted by Crippen LogP contribution is -2.40. The number of methoxy groups -OCH3 is 3. The predicted molar refractivity (Wildman–Crippen MR) is 501 cm³/mol. The monoisotopic (exact) mass is 1730 g/mol. The number of rotatable bonds is 16. The molecule has 1 aliphatic heterocycles. The molecular weight excluding hydrogens is 1640 g/mol. The van der Waals surface area contributed by atoms with Crippen molar-refractivity contribution in [2.45, 2.75) is 120 Å². The second-order valence-electron chi connectivity index (χ2n) is 30.5. The van der Waals surface area contributed by atoms with Crippen LogP contribution >= 0.6 is 11.8 Å². The second-order valence-corrected chi connectivity index (χ2v) is 31.5. The van der Waals surface area contributed by atoms with Crippen molar-refractivity contribution in [3.63, 3.8) is 0 Å². The Morgan fingerprint density at radius 1 is 0.422 bits per heavy atom. The molecule has 17 aromatic rings. The Hall–Kier alpha value is -15.9. The number of imidazole rings is 1. The molecule has 0 saturated carbocycles. The number of nitrogens with zero attached hydrogens (tertiary/aromatic N) is 16. The molecule has 0 unspecified atom stereocenters. The zero-order valence-corrected chi connectivity index (χ0v) is 73.9. The van der Waals surface area contributed by atoms with E-state index in [0.29, 0.717) is 105 Å². The highest BCUT2D eigenvalue weighted by Gasteiger charge is 2.25. The molecule has 11 heterocycles. The van der Waals surface area contributed by atoms with Crippen LogP contribution in [0.1, 0.15) is 104 Å². The van der Waals surface area contributed by atoms with Crippen LogP contribution in [0.4, 0.5) is 41.6 Å². The largest absolute Gasteiger partial charge is 0.497 e. The summed E-state index contributed by atoms with van der Waals surface area (Å²) in [6.45, 7) is 27.0. The molecule has 128 heavy (non-hydrogen) atoms. The van der Waals surface area contributed by atoms with Gasteiger partial charge < -0.3 is 34.8 Å². The first-order valence-electron chi connectivity index (χ1n) is 40.9. The van der Waals surface area contributed by atoms with E-state index in [1.807, 2.05) is 156 Å². The van der Waals surface area contributed by atoms with E-state index in [1.165, 1.54) is 51.9 Å². The number of thioether (sulfide) groups is 1. The van der Waals surface area contributed by atoms with Crippen LogP contribution in [-0.2, 0) is 12.2 Å². The fraction of sp³-hybridized carbons (Fsp3) is 0.213. The number of aromatic nitrogens is 20. The Labute approximate surface area is 737 Å². The Kier molecular flexibility index (Phi) is 25.9. The molecule has 0 bridgehead atoms. The maximum absolute atomic E-state index is 12.2. The van der Waals surface area contributed by atoms with Gasteiger partial charge in [0.2, 0.25) is 41.6 Å². The van der Waals surface area contributed by atoms with Crippen molar-refractivity contribution in [1.82, 2.24) is 110 Å². The summed E-state index contributed by atoms with van der Waals surface area (Å²) < 4.78 is 15.8. The molecule has 0 fully saturated rings. The van der Waals surface area contributed by atoms with Gasteiger partial charge in [0.25, 0.3) is 28.2 Å². The molecule has 10 N–H and O–H groups in total. The van der Waals surface area contributed by atoms with Crippen molar-refractivity contribution in [1.29, 1.82) is 0 Å². The molecular formula is C94H92N26O7S. The summed E-state index contributed by atoms with van der Waals surface area (Å²) in [6, 6.07) is 47.6. The summed E-state index contributed by atoms with van der Waals surface area (Å²) >= 11 is 1.51. The van der Waals surface area contributed by atoms with Crippen molar-refractivity contribution in [2.24, 2.45) is 4.99 Å². The lowest BCUT2D eigenvalue weighted by molar-refractivity contribution is 0.415. The van der Waals surface area contributed by atoms with E-state index in [2.05, 4.69) is 177 Å². The normalized spacial score (nSPS) is 12.4. The third-order valence-electron chi connectivity index (χ3n) is 21.4. The first-order chi connectivity index (χ1) is 61.6. The van der Waals surface area contributed by atoms with Gasteiger partial charge in [-0.05, 0) is 204 Å². The van der Waals surface area contributed by atoms with Crippen molar-refractivity contribution in [3.8, 4) is 28.5 Å². The predicted octanol–water partition coefficient (Wildman–Crippen LogP) is 16.0. The number of hydrogen-bond donors (Lipinski definition) is 10. The zero-order chi connectivity index (χ0) is 90.1. The number of ether oxygens (including phenoxy) is 3. The molecule has 0 spiro atoms. The molecule has 0 radical (unpaired) electrons. The lowest BCUT2D eigenvalue weighted by Gasteiger charge is -2.22. The molecule has 646 valence electrons. The number of guanidine groups is 1. The number of para-hydroxylation sites is 2. The van der Waals surface area contributed by atoms with Crippen molar-refractivity contribution in [2.75, 3.05) is 37.3 Å². The summed E-state index contributed by atoms with van der Waals surface area (Å²) in [4.78, 5) is 134. The van der Waals surface area contributed by atoms with Crippen molar-refractivity contribution >= 4 is 125 Å². The fourth-order valence-electron chi connectivity index (χ4n) is 14.2. The number of aromatic amines is 5. The highest BCUT2D eigenvalue weighted by molar-refractivity contribution is 7.98. The van der Waals surface area contributed by atoms with Crippen molar-refractivity contribution < 1.29 is 14.2 Å². The van der Waals surface area contributed by atoms with Gasteiger partial charge in [0.1, 0.15) is 28.9 Å². The number of hydrogen-bond acceptors (Lipinski definition) is 27. The number of allylic oxidation sites excluding steroid dienone is 2. The highest BCUT2D eigenvalue weighted by atomic mass is 32.2. The van der Waals surface area contributed by atoms with Crippen LogP contribution in [-0.4, -0.2) is 127 Å². The van der Waals surface area contributed by atoms with E-state index in [0.717, 1.165) is 141 Å². The van der Waals surface area contributed by atoms with Gasteiger partial charge in [-0.3, -0.25) is 50.1 Å². The van der Waals surface area contributed by atoms with Gasteiger partial charge in [0.05, 0.1) is 101 Å². The van der Waals surface area contributed by atoms with Gasteiger partial charge in [-0.25, -0.2) is 74.8 Å². The smallest absolute Gasteiger partial charge is 0.255 e. The maximum atomic E-state index is 12.2. The quantitative estimate of drug-likeness (QED) is 0.0402. The van der Waals surface area contributed by atoms with Crippen LogP contribution in [0, 0.1) is 83.1 Å². The summed E-state index contributed by atoms with van der Waals surface area (Å²) in [5.41, 5.74) is 21.2. The summed E-state index contributed by atoms with van der Waals surface area (Å²) in [7, 11) is 4.86. The van der Waals surface area contributed by atoms with E-state index in [1.54, 1.807) is 49.0 Å². The Balaban J connectivity index is 0.000000124. The van der Waals surface area contributed by atoms with E-state index in [-0.39, 0.29) is 28.2 Å². The van der Waals surface area contributed by atoms with Crippen LogP contribution < -0.4 is 63.0 Å². The highest BCUT2D eigenvalue weighted by Crippen LogP contribution is 2.33. The zero-order valence-electron chi connectivity index (χ0n) is 73.1. The number of nitrogens with one attached hydrogen (secondary N) is 10. The fourth-order valence-corrected chi connectivity index (χ4v) is 15.0. The van der Waals surface area contributed by atoms with Gasteiger partial charge in [-0.1, -0.05) is 72.4 Å². The van der Waals surface area contributed by atoms with Gasteiger partial charge in [-0.2, -0.15) is 4.99 Å². The third kappa shape index (κ3) is 20.6. The molecule has 33 nitrogen and oxygen atoms in total. The molecule has 0 amide bonds. The Morgan fingerprint density at radius 3 is 1.59 bits per heavy atom. The molecule has 34 heteroatoms. The van der Waals surface area contributed by atoms with Crippen LogP contribution in [0.3, 0.4) is 0 Å². The molecule has 0 saturated heterocycles. The average molecular weight is 1730 g/mol. The molecule has 2 aliphatic rings. The number of aryl methyl sites for hydroxylation is 10. The molecule has 19 rings (SSSR count). The maximum Gasteiger partial charge on any atom is 0.255 e. The van der Waals surface area contributed by atoms with Gasteiger partial charge in [0.15, 0.2) is 5.16 Å². The van der Waals surface area contributed by atoms with Crippen LogP contribution in [0.2, 0.25) is 0 Å². The summed E-state index contributed by atoms with van der Waals surface area (Å²) in [5, 5.41) is 21.2. The average Bonchev–Trinajstić information content (AvgIpc) is 1.15. The molecule has 7 aromatic carbocycles. The number of H-pyrrole nitrogens is 5. The lowest BCUT2D eigenvalue weighted by atomic mass is 10.1. The molecule has 1 aliphatic carbocycles. The molecule has 10 aromatic heterocycles. The van der Waals surface area contributed by atoms with E-state index >= 15 is 0 Å². The minimum Gasteiger partial charge on any atom is -0.497 e. The number of fused-ring (bicyclic) bond motifs is 6. The number of aliphatic imine (C=N–C) groups is 1. The van der Waals surface area contributed by atoms with E-state index in [4.69, 9.17) is 14.2 Å². The SMILES string of the molecule is C=C1NC(=Nc2nc(C)c3cc(C)ccc3n2)NC2=C1CCC2.COc1ccc2c(C)nc(Nc3nc(-c4ccccc4)cc(=O)[nH]3)nc2c1.COc1ccc2nc(Cc3nc(CSc4nc5ccccc5[nH]4)cc(=O)[nH]3)nc(C)c2c1.COc1ccc2nc(Nc3nc(C)c(C)c(=O)[nH]3)nc(C)c2c1.Cc1cc2nc(Nc3nc(C)c(C)c(=O)[nH]3)nc(C)c2cc1C. The minimum atomic E-state index is -0.259. The van der Waals surface area contributed by atoms with E-state index < -0.39 is 0 Å². The van der Waals surface area contributed by atoms with Crippen LogP contribution in [0.5, 0.6) is 17.2 Å². The van der Waals surface area contributed by atoms with Crippen LogP contribution in [0.15, 0.2) is 205 Å². The number of benzene rings is 7. The Morgan fingerprint density at radius 2 is 0.953 bits per heavy atom. The standard InChI is InChI=1S/C23H20N6O2S.C20H17N5O2.C18H19N5.C17H19N5O.C16H17N5O2/c1-13-16-10-15(31-2)7-8-17(16)26-20(24-13)11-21-25-14(9-22(30)29-21)12-32-23-27-18-5-3-4-6-19(18)28-23;1-12-15-9-8-14(27-2)10-17(15)23-19(21-12)25-20-22-16(11-18(26)24-20)13-6-4-3-5-7-13;1-10-7-8-16-14(9-10)12(3)20-18(22-16)23-17-19-11(2)13-5-4-6-15(13)21-17;1-8-6-13-12(5)19-16(20-14(13)7-9(8)2)22-17-18-11(4)10(3)15(23)21-17;1-8-9(2)17-16(20-14(8)22)21-15-18-10(3)12-7-11(23-4)5-6-13(12)19-15/h3-10H,11-12H2,1-2H3,(H,27,28)(H,25,29,30);3-11H,1-2H3,(H2,21,22,23,24,25,26);7-9H,2,4-6H2,1,3H3,(H2,19,20,21,22,23);6-7H,1-5H3,(H2,18,19,20,21,22,23);5-7H,1-4H3,(H2,17,18,19,20,21,22). The minimum absolute atomic E-state index is 0.163. The first kappa shape index (κ1) is 87.0. The summed E-state index contributed by atoms with van der Waals surface area (Å²) in [5.74, 6) is 7.10. The van der Waals surface area contributed by atoms with Crippen molar-refractivity contribution in [3.05, 3.63) is 302 Å². The van der Waals surface area contributed by atoms with Crippen LogP contribution in [0.25, 0.3) is 76.8 Å². The van der Waals surface area contributed by atoms with E-state index in [9.17, 15) is 19.2 Å². The number of anilines is 6.